The summed E-state index contributed by atoms with van der Waals surface area (Å²) < 4.78 is 25.5. The van der Waals surface area contributed by atoms with Crippen LogP contribution in [0.2, 0.25) is 0 Å². The largest absolute Gasteiger partial charge is 0.379 e. The number of aliphatic hydroxyl groups is 1. The summed E-state index contributed by atoms with van der Waals surface area (Å²) in [5.74, 6) is -3.03. The lowest BCUT2D eigenvalue weighted by Crippen LogP contribution is -2.23. The fourth-order valence-corrected chi connectivity index (χ4v) is 0.972. The van der Waals surface area contributed by atoms with Crippen LogP contribution in [0.25, 0.3) is 0 Å². The molecule has 0 amide bonds. The smallest absolute Gasteiger partial charge is 0.277 e. The Morgan fingerprint density at radius 2 is 1.80 bits per heavy atom. The summed E-state index contributed by atoms with van der Waals surface area (Å²) in [6.45, 7) is 6.21. The van der Waals surface area contributed by atoms with Gasteiger partial charge in [-0.2, -0.15) is 5.10 Å². The molecule has 0 saturated carbocycles. The maximum absolute atomic E-state index is 12.8. The van der Waals surface area contributed by atoms with Crippen molar-refractivity contribution in [1.29, 1.82) is 0 Å². The van der Waals surface area contributed by atoms with Gasteiger partial charge in [-0.1, -0.05) is 20.8 Å². The molecule has 0 aliphatic carbocycles. The molecule has 1 atom stereocenters. The first-order chi connectivity index (χ1) is 6.62. The first-order valence-electron chi connectivity index (χ1n) is 4.61. The van der Waals surface area contributed by atoms with Gasteiger partial charge in [0.2, 0.25) is 0 Å². The van der Waals surface area contributed by atoms with Crippen LogP contribution in [-0.2, 0) is 5.41 Å². The highest BCUT2D eigenvalue weighted by molar-refractivity contribution is 5.05. The van der Waals surface area contributed by atoms with Crippen LogP contribution in [0, 0.1) is 0 Å². The molecular formula is C9H15F2N3O. The molecule has 2 N–H and O–H groups in total. The zero-order valence-electron chi connectivity index (χ0n) is 9.17. The number of rotatable bonds is 2. The van der Waals surface area contributed by atoms with Crippen molar-refractivity contribution in [1.82, 2.24) is 15.2 Å². The van der Waals surface area contributed by atoms with Crippen LogP contribution in [-0.4, -0.2) is 26.2 Å². The SMILES string of the molecule is CC(C)(C)c1n[nH]c(C(O)C(C)(F)F)n1. The summed E-state index contributed by atoms with van der Waals surface area (Å²) in [5, 5.41) is 15.4. The third-order valence-electron chi connectivity index (χ3n) is 1.91. The molecule has 6 heteroatoms. The fraction of sp³-hybridized carbons (Fsp3) is 0.778. The molecule has 0 spiro atoms. The van der Waals surface area contributed by atoms with Gasteiger partial charge in [0.15, 0.2) is 17.8 Å². The molecule has 1 unspecified atom stereocenters. The molecule has 0 aromatic carbocycles. The Kier molecular flexibility index (Phi) is 2.82. The topological polar surface area (TPSA) is 61.8 Å². The average Bonchev–Trinajstić information content (AvgIpc) is 2.47. The normalized spacial score (nSPS) is 15.4. The zero-order chi connectivity index (χ0) is 11.9. The number of hydrogen-bond donors (Lipinski definition) is 2. The van der Waals surface area contributed by atoms with Gasteiger partial charge in [0, 0.05) is 12.3 Å². The van der Waals surface area contributed by atoms with E-state index in [4.69, 9.17) is 0 Å². The van der Waals surface area contributed by atoms with Crippen LogP contribution in [0.3, 0.4) is 0 Å². The lowest BCUT2D eigenvalue weighted by atomic mass is 9.96. The molecule has 1 aromatic heterocycles. The molecule has 0 radical (unpaired) electrons. The molecule has 0 aliphatic heterocycles. The van der Waals surface area contributed by atoms with Crippen LogP contribution in [0.1, 0.15) is 45.4 Å². The van der Waals surface area contributed by atoms with E-state index in [1.54, 1.807) is 0 Å². The van der Waals surface area contributed by atoms with E-state index in [0.29, 0.717) is 12.7 Å². The van der Waals surface area contributed by atoms with Gasteiger partial charge in [-0.3, -0.25) is 5.10 Å². The number of nitrogens with one attached hydrogen (secondary N) is 1. The Labute approximate surface area is 86.7 Å². The summed E-state index contributed by atoms with van der Waals surface area (Å²) in [4.78, 5) is 3.85. The Balaban J connectivity index is 2.95. The van der Waals surface area contributed by atoms with Crippen LogP contribution in [0.4, 0.5) is 8.78 Å². The highest BCUT2D eigenvalue weighted by Gasteiger charge is 2.36. The van der Waals surface area contributed by atoms with Crippen LogP contribution in [0.15, 0.2) is 0 Å². The first-order valence-corrected chi connectivity index (χ1v) is 4.61. The Morgan fingerprint density at radius 1 is 1.27 bits per heavy atom. The molecule has 0 saturated heterocycles. The Hall–Kier alpha value is -1.04. The van der Waals surface area contributed by atoms with E-state index in [1.165, 1.54) is 0 Å². The molecule has 1 heterocycles. The van der Waals surface area contributed by atoms with Gasteiger partial charge in [-0.25, -0.2) is 13.8 Å². The molecule has 0 fully saturated rings. The third-order valence-corrected chi connectivity index (χ3v) is 1.91. The summed E-state index contributed by atoms with van der Waals surface area (Å²) >= 11 is 0. The van der Waals surface area contributed by atoms with E-state index in [0.717, 1.165) is 0 Å². The fourth-order valence-electron chi connectivity index (χ4n) is 0.972. The van der Waals surface area contributed by atoms with Crippen molar-refractivity contribution in [2.45, 2.75) is 45.1 Å². The van der Waals surface area contributed by atoms with Crippen molar-refractivity contribution in [2.75, 3.05) is 0 Å². The van der Waals surface area contributed by atoms with Crippen LogP contribution >= 0.6 is 0 Å². The van der Waals surface area contributed by atoms with Gasteiger partial charge in [0.1, 0.15) is 0 Å². The van der Waals surface area contributed by atoms with E-state index in [-0.39, 0.29) is 11.2 Å². The number of aromatic amines is 1. The van der Waals surface area contributed by atoms with Crippen LogP contribution < -0.4 is 0 Å². The highest BCUT2D eigenvalue weighted by atomic mass is 19.3. The van der Waals surface area contributed by atoms with Gasteiger partial charge in [-0.05, 0) is 0 Å². The standard InChI is InChI=1S/C9H15F2N3O/c1-8(2,3)7-12-6(13-14-7)5(15)9(4,10)11/h5,15H,1-4H3,(H,12,13,14). The molecule has 15 heavy (non-hydrogen) atoms. The number of halogens is 2. The number of H-pyrrole nitrogens is 1. The molecule has 0 bridgehead atoms. The minimum atomic E-state index is -3.23. The summed E-state index contributed by atoms with van der Waals surface area (Å²) in [7, 11) is 0. The van der Waals surface area contributed by atoms with Crippen molar-refractivity contribution in [3.05, 3.63) is 11.6 Å². The molecular weight excluding hydrogens is 204 g/mol. The minimum absolute atomic E-state index is 0.201. The van der Waals surface area contributed by atoms with E-state index in [9.17, 15) is 13.9 Å². The summed E-state index contributed by atoms with van der Waals surface area (Å²) in [6, 6.07) is 0. The summed E-state index contributed by atoms with van der Waals surface area (Å²) in [6.07, 6.45) is -1.94. The lowest BCUT2D eigenvalue weighted by Gasteiger charge is -2.15. The molecule has 86 valence electrons. The number of nitrogens with zero attached hydrogens (tertiary/aromatic N) is 2. The van der Waals surface area contributed by atoms with E-state index < -0.39 is 12.0 Å². The average molecular weight is 219 g/mol. The van der Waals surface area contributed by atoms with E-state index >= 15 is 0 Å². The molecule has 0 aliphatic rings. The number of aromatic nitrogens is 3. The third kappa shape index (κ3) is 2.71. The maximum Gasteiger partial charge on any atom is 0.277 e. The zero-order valence-corrected chi connectivity index (χ0v) is 9.17. The second-order valence-corrected chi connectivity index (χ2v) is 4.65. The second kappa shape index (κ2) is 3.52. The Bertz CT molecular complexity index is 338. The van der Waals surface area contributed by atoms with E-state index in [1.807, 2.05) is 20.8 Å². The second-order valence-electron chi connectivity index (χ2n) is 4.65. The predicted molar refractivity (Wildman–Crippen MR) is 50.7 cm³/mol. The maximum atomic E-state index is 12.8. The molecule has 4 nitrogen and oxygen atoms in total. The number of alkyl halides is 2. The first kappa shape index (κ1) is 12.0. The molecule has 1 aromatic rings. The molecule has 1 rings (SSSR count). The van der Waals surface area contributed by atoms with Gasteiger partial charge in [0.25, 0.3) is 5.92 Å². The van der Waals surface area contributed by atoms with Crippen LogP contribution in [0.5, 0.6) is 0 Å². The van der Waals surface area contributed by atoms with Crippen molar-refractivity contribution in [3.8, 4) is 0 Å². The van der Waals surface area contributed by atoms with E-state index in [2.05, 4.69) is 15.2 Å². The van der Waals surface area contributed by atoms with Crippen molar-refractivity contribution >= 4 is 0 Å². The van der Waals surface area contributed by atoms with Crippen molar-refractivity contribution < 1.29 is 13.9 Å². The minimum Gasteiger partial charge on any atom is -0.379 e. The lowest BCUT2D eigenvalue weighted by molar-refractivity contribution is -0.0990. The van der Waals surface area contributed by atoms with Gasteiger partial charge >= 0.3 is 0 Å². The van der Waals surface area contributed by atoms with Crippen molar-refractivity contribution in [2.24, 2.45) is 0 Å². The predicted octanol–water partition coefficient (Wildman–Crippen LogP) is 1.79. The van der Waals surface area contributed by atoms with Crippen molar-refractivity contribution in [3.63, 3.8) is 0 Å². The number of aliphatic hydroxyl groups excluding tert-OH is 1. The monoisotopic (exact) mass is 219 g/mol. The quantitative estimate of drug-likeness (QED) is 0.797. The Morgan fingerprint density at radius 3 is 2.13 bits per heavy atom. The van der Waals surface area contributed by atoms with Gasteiger partial charge in [-0.15, -0.1) is 0 Å². The van der Waals surface area contributed by atoms with Gasteiger partial charge < -0.3 is 5.11 Å². The van der Waals surface area contributed by atoms with Gasteiger partial charge in [0.05, 0.1) is 0 Å². The highest BCUT2D eigenvalue weighted by Crippen LogP contribution is 2.29. The number of hydrogen-bond acceptors (Lipinski definition) is 3. The summed E-state index contributed by atoms with van der Waals surface area (Å²) in [5.41, 5.74) is -0.336.